The number of benzene rings is 4. The lowest BCUT2D eigenvalue weighted by Crippen LogP contribution is -2.17. The molecule has 0 radical (unpaired) electrons. The molecule has 0 aliphatic carbocycles. The van der Waals surface area contributed by atoms with Crippen molar-refractivity contribution in [3.05, 3.63) is 136 Å². The maximum Gasteiger partial charge on any atom is 0.271 e. The van der Waals surface area contributed by atoms with E-state index in [0.717, 1.165) is 28.2 Å². The number of hydrazone groups is 1. The molecule has 206 valence electrons. The highest BCUT2D eigenvalue weighted by Crippen LogP contribution is 2.37. The topological polar surface area (TPSA) is 64.8 Å². The molecule has 41 heavy (non-hydrogen) atoms. The number of ether oxygens (including phenoxy) is 2. The minimum Gasteiger partial charge on any atom is -0.493 e. The molecule has 1 aromatic heterocycles. The number of rotatable bonds is 9. The van der Waals surface area contributed by atoms with Crippen LogP contribution in [-0.4, -0.2) is 23.8 Å². The van der Waals surface area contributed by atoms with Crippen LogP contribution in [0.1, 0.15) is 27.2 Å². The lowest BCUT2D eigenvalue weighted by Gasteiger charge is -2.13. The molecule has 4 aromatic carbocycles. The number of nitrogens with one attached hydrogen (secondary N) is 1. The van der Waals surface area contributed by atoms with E-state index in [4.69, 9.17) is 9.47 Å². The zero-order valence-corrected chi connectivity index (χ0v) is 24.1. The summed E-state index contributed by atoms with van der Waals surface area (Å²) < 4.78 is 27.4. The summed E-state index contributed by atoms with van der Waals surface area (Å²) >= 11 is 3.51. The van der Waals surface area contributed by atoms with Crippen molar-refractivity contribution in [2.75, 3.05) is 7.11 Å². The van der Waals surface area contributed by atoms with Crippen molar-refractivity contribution < 1.29 is 18.7 Å². The Kier molecular flexibility index (Phi) is 8.60. The summed E-state index contributed by atoms with van der Waals surface area (Å²) in [5, 5.41) is 4.12. The normalized spacial score (nSPS) is 11.0. The van der Waals surface area contributed by atoms with Crippen molar-refractivity contribution in [3.63, 3.8) is 0 Å². The van der Waals surface area contributed by atoms with E-state index in [-0.39, 0.29) is 18.3 Å². The maximum absolute atomic E-state index is 13.2. The van der Waals surface area contributed by atoms with Gasteiger partial charge >= 0.3 is 0 Å². The van der Waals surface area contributed by atoms with Crippen molar-refractivity contribution in [1.82, 2.24) is 9.99 Å². The number of halogens is 2. The molecule has 0 saturated carbocycles. The van der Waals surface area contributed by atoms with Gasteiger partial charge in [-0.1, -0.05) is 42.5 Å². The van der Waals surface area contributed by atoms with E-state index in [1.165, 1.54) is 25.5 Å². The van der Waals surface area contributed by atoms with Crippen molar-refractivity contribution in [2.45, 2.75) is 13.5 Å². The smallest absolute Gasteiger partial charge is 0.271 e. The lowest BCUT2D eigenvalue weighted by molar-refractivity contribution is 0.0955. The standard InChI is InChI=1S/C33H27BrFN3O3/c1-22-8-17-30(25-6-4-3-5-7-25)38(22)28-15-11-26(12-16-28)33(39)37-36-20-24-18-29(34)32(31(19-24)40-2)41-21-23-9-13-27(35)14-10-23/h3-20H,21H2,1-2H3,(H,37,39)/b36-20+. The average Bonchev–Trinajstić information content (AvgIpc) is 3.38. The van der Waals surface area contributed by atoms with Crippen molar-refractivity contribution in [3.8, 4) is 28.4 Å². The Morgan fingerprint density at radius 3 is 2.41 bits per heavy atom. The van der Waals surface area contributed by atoms with Crippen LogP contribution < -0.4 is 14.9 Å². The van der Waals surface area contributed by atoms with Gasteiger partial charge in [0.1, 0.15) is 12.4 Å². The van der Waals surface area contributed by atoms with Gasteiger partial charge in [-0.3, -0.25) is 4.79 Å². The molecule has 0 saturated heterocycles. The number of nitrogens with zero attached hydrogens (tertiary/aromatic N) is 2. The highest BCUT2D eigenvalue weighted by Gasteiger charge is 2.13. The zero-order valence-electron chi connectivity index (χ0n) is 22.5. The monoisotopic (exact) mass is 611 g/mol. The van der Waals surface area contributed by atoms with Gasteiger partial charge in [-0.05, 0) is 100 Å². The molecule has 6 nitrogen and oxygen atoms in total. The molecule has 0 spiro atoms. The van der Waals surface area contributed by atoms with Crippen molar-refractivity contribution in [2.24, 2.45) is 5.10 Å². The van der Waals surface area contributed by atoms with Gasteiger partial charge in [-0.15, -0.1) is 0 Å². The number of hydrogen-bond donors (Lipinski definition) is 1. The van der Waals surface area contributed by atoms with Gasteiger partial charge in [0.05, 0.1) is 23.5 Å². The van der Waals surface area contributed by atoms with Crippen molar-refractivity contribution >= 4 is 28.1 Å². The summed E-state index contributed by atoms with van der Waals surface area (Å²) in [6, 6.07) is 31.4. The SMILES string of the molecule is COc1cc(/C=N/NC(=O)c2ccc(-n3c(C)ccc3-c3ccccc3)cc2)cc(Br)c1OCc1ccc(F)cc1. The second-order valence-electron chi connectivity index (χ2n) is 9.26. The van der Waals surface area contributed by atoms with Crippen molar-refractivity contribution in [1.29, 1.82) is 0 Å². The van der Waals surface area contributed by atoms with Gasteiger partial charge in [-0.25, -0.2) is 9.82 Å². The van der Waals surface area contributed by atoms with Gasteiger partial charge in [0.15, 0.2) is 11.5 Å². The Morgan fingerprint density at radius 1 is 0.976 bits per heavy atom. The Labute approximate surface area is 246 Å². The first kappa shape index (κ1) is 27.9. The minimum absolute atomic E-state index is 0.245. The van der Waals surface area contributed by atoms with E-state index in [0.29, 0.717) is 27.1 Å². The van der Waals surface area contributed by atoms with Crippen LogP contribution in [0.4, 0.5) is 4.39 Å². The number of carbonyl (C=O) groups is 1. The largest absolute Gasteiger partial charge is 0.493 e. The molecule has 5 aromatic rings. The molecule has 8 heteroatoms. The number of aromatic nitrogens is 1. The zero-order chi connectivity index (χ0) is 28.8. The molecule has 0 bridgehead atoms. The number of methoxy groups -OCH3 is 1. The quantitative estimate of drug-likeness (QED) is 0.137. The van der Waals surface area contributed by atoms with Gasteiger partial charge in [0, 0.05) is 16.9 Å². The summed E-state index contributed by atoms with van der Waals surface area (Å²) in [5.41, 5.74) is 8.84. The minimum atomic E-state index is -0.328. The van der Waals surface area contributed by atoms with Crippen LogP contribution in [-0.2, 0) is 6.61 Å². The van der Waals surface area contributed by atoms with Crippen LogP contribution in [0.2, 0.25) is 0 Å². The molecule has 0 atom stereocenters. The summed E-state index contributed by atoms with van der Waals surface area (Å²) in [4.78, 5) is 12.8. The molecule has 1 heterocycles. The number of carbonyl (C=O) groups excluding carboxylic acids is 1. The maximum atomic E-state index is 13.2. The van der Waals surface area contributed by atoms with E-state index in [1.807, 2.05) is 30.3 Å². The first-order chi connectivity index (χ1) is 19.9. The van der Waals surface area contributed by atoms with Gasteiger partial charge in [0.25, 0.3) is 5.91 Å². The summed E-state index contributed by atoms with van der Waals surface area (Å²) in [6.45, 7) is 2.30. The number of hydrogen-bond acceptors (Lipinski definition) is 4. The van der Waals surface area contributed by atoms with E-state index in [2.05, 4.69) is 62.2 Å². The third-order valence-electron chi connectivity index (χ3n) is 6.46. The predicted octanol–water partition coefficient (Wildman–Crippen LogP) is 7.71. The number of amides is 1. The van der Waals surface area contributed by atoms with Gasteiger partial charge < -0.3 is 14.0 Å². The highest BCUT2D eigenvalue weighted by molar-refractivity contribution is 9.10. The average molecular weight is 612 g/mol. The molecule has 0 aliphatic rings. The Bertz CT molecular complexity index is 1680. The van der Waals surface area contributed by atoms with Gasteiger partial charge in [0.2, 0.25) is 0 Å². The Balaban J connectivity index is 1.25. The van der Waals surface area contributed by atoms with Crippen LogP contribution in [0.5, 0.6) is 11.5 Å². The molecular formula is C33H27BrFN3O3. The second-order valence-corrected chi connectivity index (χ2v) is 10.1. The molecule has 1 N–H and O–H groups in total. The lowest BCUT2D eigenvalue weighted by atomic mass is 10.1. The molecule has 5 rings (SSSR count). The van der Waals surface area contributed by atoms with Crippen LogP contribution in [0.25, 0.3) is 16.9 Å². The van der Waals surface area contributed by atoms with E-state index in [1.54, 1.807) is 36.4 Å². The fourth-order valence-corrected chi connectivity index (χ4v) is 4.97. The van der Waals surface area contributed by atoms with E-state index < -0.39 is 0 Å². The Morgan fingerprint density at radius 2 is 1.71 bits per heavy atom. The van der Waals surface area contributed by atoms with Crippen LogP contribution in [0.3, 0.4) is 0 Å². The summed E-state index contributed by atoms with van der Waals surface area (Å²) in [7, 11) is 1.54. The van der Waals surface area contributed by atoms with Crippen LogP contribution in [0.15, 0.2) is 113 Å². The summed E-state index contributed by atoms with van der Waals surface area (Å²) in [5.74, 6) is 0.363. The first-order valence-corrected chi connectivity index (χ1v) is 13.6. The first-order valence-electron chi connectivity index (χ1n) is 12.9. The van der Waals surface area contributed by atoms with E-state index in [9.17, 15) is 9.18 Å². The van der Waals surface area contributed by atoms with Crippen LogP contribution in [0, 0.1) is 12.7 Å². The second kappa shape index (κ2) is 12.7. The highest BCUT2D eigenvalue weighted by atomic mass is 79.9. The third kappa shape index (κ3) is 6.56. The fourth-order valence-electron chi connectivity index (χ4n) is 4.40. The predicted molar refractivity (Wildman–Crippen MR) is 162 cm³/mol. The third-order valence-corrected chi connectivity index (χ3v) is 7.05. The van der Waals surface area contributed by atoms with Gasteiger partial charge in [-0.2, -0.15) is 5.10 Å². The van der Waals surface area contributed by atoms with E-state index >= 15 is 0 Å². The van der Waals surface area contributed by atoms with Crippen LogP contribution >= 0.6 is 15.9 Å². The summed E-state index contributed by atoms with van der Waals surface area (Å²) in [6.07, 6.45) is 1.53. The molecule has 1 amide bonds. The Hall–Kier alpha value is -4.69. The number of aryl methyl sites for hydroxylation is 1. The molecular weight excluding hydrogens is 585 g/mol. The fraction of sp³-hybridized carbons (Fsp3) is 0.0909. The molecule has 0 fully saturated rings. The molecule has 0 aliphatic heterocycles. The molecule has 0 unspecified atom stereocenters.